The topological polar surface area (TPSA) is 46.9 Å². The first-order chi connectivity index (χ1) is 10.8. The van der Waals surface area contributed by atoms with Crippen LogP contribution in [-0.4, -0.2) is 22.2 Å². The fourth-order valence-corrected chi connectivity index (χ4v) is 2.96. The molecule has 0 spiro atoms. The molecule has 0 radical (unpaired) electrons. The molecule has 2 aromatic heterocycles. The molecule has 0 unspecified atom stereocenters. The Kier molecular flexibility index (Phi) is 4.34. The predicted octanol–water partition coefficient (Wildman–Crippen LogP) is 3.74. The Balaban J connectivity index is 1.80. The number of nitrogens with zero attached hydrogens (tertiary/aromatic N) is 2. The molecule has 0 aliphatic heterocycles. The first-order valence-corrected chi connectivity index (χ1v) is 8.13. The Morgan fingerprint density at radius 2 is 2.09 bits per heavy atom. The van der Waals surface area contributed by atoms with E-state index in [0.29, 0.717) is 6.54 Å². The van der Waals surface area contributed by atoms with Gasteiger partial charge in [0.2, 0.25) is 0 Å². The second kappa shape index (κ2) is 6.58. The zero-order valence-electron chi connectivity index (χ0n) is 12.3. The summed E-state index contributed by atoms with van der Waals surface area (Å²) < 4.78 is 1.84. The van der Waals surface area contributed by atoms with Crippen LogP contribution in [0.2, 0.25) is 0 Å². The lowest BCUT2D eigenvalue weighted by atomic mass is 10.2. The molecular weight excluding hydrogens is 294 g/mol. The van der Waals surface area contributed by atoms with Crippen LogP contribution < -0.4 is 5.32 Å². The molecule has 3 aromatic rings. The molecule has 0 atom stereocenters. The second-order valence-electron chi connectivity index (χ2n) is 4.96. The number of benzene rings is 1. The summed E-state index contributed by atoms with van der Waals surface area (Å²) in [6.45, 7) is 2.75. The van der Waals surface area contributed by atoms with Crippen LogP contribution in [0.1, 0.15) is 23.0 Å². The molecule has 0 aliphatic rings. The third-order valence-electron chi connectivity index (χ3n) is 3.30. The van der Waals surface area contributed by atoms with Gasteiger partial charge in [0.05, 0.1) is 16.8 Å². The SMILES string of the molecule is CCCNC(=O)c1cc(-c2cnn(-c3ccccc3)c2)cs1. The van der Waals surface area contributed by atoms with Gasteiger partial charge < -0.3 is 5.32 Å². The molecule has 1 N–H and O–H groups in total. The van der Waals surface area contributed by atoms with Crippen molar-refractivity contribution in [3.63, 3.8) is 0 Å². The number of thiophene rings is 1. The number of hydrogen-bond donors (Lipinski definition) is 1. The van der Waals surface area contributed by atoms with E-state index in [9.17, 15) is 4.79 Å². The molecule has 2 heterocycles. The van der Waals surface area contributed by atoms with E-state index in [4.69, 9.17) is 0 Å². The molecular formula is C17H17N3OS. The van der Waals surface area contributed by atoms with E-state index < -0.39 is 0 Å². The zero-order valence-corrected chi connectivity index (χ0v) is 13.1. The van der Waals surface area contributed by atoms with Gasteiger partial charge >= 0.3 is 0 Å². The largest absolute Gasteiger partial charge is 0.351 e. The smallest absolute Gasteiger partial charge is 0.261 e. The van der Waals surface area contributed by atoms with Crippen molar-refractivity contribution in [2.45, 2.75) is 13.3 Å². The van der Waals surface area contributed by atoms with Crippen molar-refractivity contribution >= 4 is 17.2 Å². The molecule has 0 fully saturated rings. The summed E-state index contributed by atoms with van der Waals surface area (Å²) in [7, 11) is 0. The Morgan fingerprint density at radius 1 is 1.27 bits per heavy atom. The number of carbonyl (C=O) groups is 1. The highest BCUT2D eigenvalue weighted by Crippen LogP contribution is 2.26. The van der Waals surface area contributed by atoms with Crippen LogP contribution in [0.4, 0.5) is 0 Å². The molecule has 0 aliphatic carbocycles. The monoisotopic (exact) mass is 311 g/mol. The second-order valence-corrected chi connectivity index (χ2v) is 5.88. The van der Waals surface area contributed by atoms with Gasteiger partial charge in [0.1, 0.15) is 0 Å². The number of aromatic nitrogens is 2. The van der Waals surface area contributed by atoms with E-state index in [1.54, 1.807) is 0 Å². The highest BCUT2D eigenvalue weighted by atomic mass is 32.1. The first kappa shape index (κ1) is 14.5. The average Bonchev–Trinajstić information content (AvgIpc) is 3.22. The van der Waals surface area contributed by atoms with Gasteiger partial charge in [-0.15, -0.1) is 11.3 Å². The van der Waals surface area contributed by atoms with Gasteiger partial charge in [-0.25, -0.2) is 4.68 Å². The summed E-state index contributed by atoms with van der Waals surface area (Å²) in [5.41, 5.74) is 3.05. The van der Waals surface area contributed by atoms with Crippen molar-refractivity contribution in [3.05, 3.63) is 59.0 Å². The van der Waals surface area contributed by atoms with Crippen molar-refractivity contribution in [1.29, 1.82) is 0 Å². The summed E-state index contributed by atoms with van der Waals surface area (Å²) in [6.07, 6.45) is 4.74. The summed E-state index contributed by atoms with van der Waals surface area (Å²) >= 11 is 1.46. The molecule has 0 saturated heterocycles. The minimum absolute atomic E-state index is 0.00597. The first-order valence-electron chi connectivity index (χ1n) is 7.25. The number of hydrogen-bond acceptors (Lipinski definition) is 3. The molecule has 1 aromatic carbocycles. The lowest BCUT2D eigenvalue weighted by Crippen LogP contribution is -2.22. The Hall–Kier alpha value is -2.40. The molecule has 5 heteroatoms. The van der Waals surface area contributed by atoms with E-state index in [0.717, 1.165) is 28.1 Å². The fourth-order valence-electron chi connectivity index (χ4n) is 2.13. The van der Waals surface area contributed by atoms with Crippen LogP contribution in [0.3, 0.4) is 0 Å². The van der Waals surface area contributed by atoms with E-state index >= 15 is 0 Å². The molecule has 0 bridgehead atoms. The minimum Gasteiger partial charge on any atom is -0.351 e. The number of para-hydroxylation sites is 1. The van der Waals surface area contributed by atoms with Gasteiger partial charge in [0, 0.05) is 18.3 Å². The molecule has 3 rings (SSSR count). The summed E-state index contributed by atoms with van der Waals surface area (Å²) in [5, 5.41) is 9.28. The van der Waals surface area contributed by atoms with Crippen LogP contribution >= 0.6 is 11.3 Å². The van der Waals surface area contributed by atoms with Crippen LogP contribution in [0, 0.1) is 0 Å². The van der Waals surface area contributed by atoms with Crippen LogP contribution in [0.15, 0.2) is 54.2 Å². The van der Waals surface area contributed by atoms with Gasteiger partial charge in [0.25, 0.3) is 5.91 Å². The van der Waals surface area contributed by atoms with Crippen molar-refractivity contribution in [3.8, 4) is 16.8 Å². The number of carbonyl (C=O) groups excluding carboxylic acids is 1. The maximum Gasteiger partial charge on any atom is 0.261 e. The maximum atomic E-state index is 12.0. The molecule has 22 heavy (non-hydrogen) atoms. The zero-order chi connectivity index (χ0) is 15.4. The van der Waals surface area contributed by atoms with Gasteiger partial charge in [-0.2, -0.15) is 5.10 Å². The highest BCUT2D eigenvalue weighted by molar-refractivity contribution is 7.12. The van der Waals surface area contributed by atoms with Crippen LogP contribution in [0.5, 0.6) is 0 Å². The van der Waals surface area contributed by atoms with Gasteiger partial charge in [0.15, 0.2) is 0 Å². The average molecular weight is 311 g/mol. The van der Waals surface area contributed by atoms with Gasteiger partial charge in [-0.1, -0.05) is 25.1 Å². The fraction of sp³-hybridized carbons (Fsp3) is 0.176. The number of amides is 1. The van der Waals surface area contributed by atoms with E-state index in [-0.39, 0.29) is 5.91 Å². The number of nitrogens with one attached hydrogen (secondary N) is 1. The Morgan fingerprint density at radius 3 is 2.86 bits per heavy atom. The normalized spacial score (nSPS) is 10.6. The van der Waals surface area contributed by atoms with Crippen LogP contribution in [0.25, 0.3) is 16.8 Å². The molecule has 4 nitrogen and oxygen atoms in total. The predicted molar refractivity (Wildman–Crippen MR) is 89.5 cm³/mol. The van der Waals surface area contributed by atoms with E-state index in [1.165, 1.54) is 11.3 Å². The Bertz CT molecular complexity index is 761. The summed E-state index contributed by atoms with van der Waals surface area (Å²) in [6, 6.07) is 11.9. The maximum absolute atomic E-state index is 12.0. The summed E-state index contributed by atoms with van der Waals surface area (Å²) in [4.78, 5) is 12.7. The number of rotatable bonds is 5. The molecule has 0 saturated carbocycles. The minimum atomic E-state index is -0.00597. The molecule has 1 amide bonds. The van der Waals surface area contributed by atoms with Gasteiger partial charge in [-0.05, 0) is 35.6 Å². The quantitative estimate of drug-likeness (QED) is 0.780. The van der Waals surface area contributed by atoms with Crippen LogP contribution in [-0.2, 0) is 0 Å². The lowest BCUT2D eigenvalue weighted by molar-refractivity contribution is 0.0957. The lowest BCUT2D eigenvalue weighted by Gasteiger charge is -1.99. The van der Waals surface area contributed by atoms with E-state index in [1.807, 2.05) is 65.8 Å². The van der Waals surface area contributed by atoms with Crippen molar-refractivity contribution in [2.75, 3.05) is 6.54 Å². The van der Waals surface area contributed by atoms with Gasteiger partial charge in [-0.3, -0.25) is 4.79 Å². The van der Waals surface area contributed by atoms with Crippen molar-refractivity contribution in [1.82, 2.24) is 15.1 Å². The third kappa shape index (κ3) is 3.09. The van der Waals surface area contributed by atoms with Crippen molar-refractivity contribution < 1.29 is 4.79 Å². The highest BCUT2D eigenvalue weighted by Gasteiger charge is 2.11. The third-order valence-corrected chi connectivity index (χ3v) is 4.22. The van der Waals surface area contributed by atoms with Crippen molar-refractivity contribution in [2.24, 2.45) is 0 Å². The molecule has 112 valence electrons. The Labute approximate surface area is 133 Å². The summed E-state index contributed by atoms with van der Waals surface area (Å²) in [5.74, 6) is -0.00597. The van der Waals surface area contributed by atoms with E-state index in [2.05, 4.69) is 10.4 Å². The standard InChI is InChI=1S/C17H17N3OS/c1-2-8-18-17(21)16-9-13(12-22-16)14-10-19-20(11-14)15-6-4-3-5-7-15/h3-7,9-12H,2,8H2,1H3,(H,18,21).